The molecule has 0 aliphatic carbocycles. The molecular formula is C17H12F2N2O3S2. The Balaban J connectivity index is 1.88. The van der Waals surface area contributed by atoms with Crippen molar-refractivity contribution in [3.05, 3.63) is 58.6 Å². The second-order valence-electron chi connectivity index (χ2n) is 5.17. The summed E-state index contributed by atoms with van der Waals surface area (Å²) in [5.41, 5.74) is 1.07. The van der Waals surface area contributed by atoms with Crippen molar-refractivity contribution in [1.29, 1.82) is 0 Å². The van der Waals surface area contributed by atoms with Crippen molar-refractivity contribution < 1.29 is 23.4 Å². The van der Waals surface area contributed by atoms with Crippen molar-refractivity contribution in [2.45, 2.75) is 11.5 Å². The first-order chi connectivity index (χ1) is 12.5. The van der Waals surface area contributed by atoms with Crippen LogP contribution < -0.4 is 4.74 Å². The van der Waals surface area contributed by atoms with Gasteiger partial charge in [-0.05, 0) is 47.6 Å². The van der Waals surface area contributed by atoms with E-state index in [4.69, 9.17) is 9.84 Å². The van der Waals surface area contributed by atoms with E-state index in [9.17, 15) is 13.6 Å². The molecule has 0 unspecified atom stereocenters. The number of carboxylic acids is 1. The zero-order valence-corrected chi connectivity index (χ0v) is 15.0. The Bertz CT molecular complexity index is 963. The molecule has 3 aromatic rings. The maximum Gasteiger partial charge on any atom is 0.347 e. The fourth-order valence-corrected chi connectivity index (χ4v) is 3.27. The summed E-state index contributed by atoms with van der Waals surface area (Å²) < 4.78 is 36.9. The second-order valence-corrected chi connectivity index (χ2v) is 6.85. The van der Waals surface area contributed by atoms with Gasteiger partial charge in [0.1, 0.15) is 34.5 Å². The van der Waals surface area contributed by atoms with E-state index in [1.807, 2.05) is 6.26 Å². The molecule has 9 heteroatoms. The highest BCUT2D eigenvalue weighted by atomic mass is 32.2. The lowest BCUT2D eigenvalue weighted by molar-refractivity contribution is 0.0702. The maximum absolute atomic E-state index is 13.6. The zero-order valence-electron chi connectivity index (χ0n) is 13.4. The Hall–Kier alpha value is -2.52. The number of thioether (sulfide) groups is 1. The van der Waals surface area contributed by atoms with Crippen LogP contribution in [0.25, 0.3) is 11.4 Å². The Morgan fingerprint density at radius 2 is 2.04 bits per heavy atom. The molecule has 2 aromatic heterocycles. The van der Waals surface area contributed by atoms with Crippen LogP contribution in [0, 0.1) is 11.6 Å². The second kappa shape index (κ2) is 7.79. The van der Waals surface area contributed by atoms with E-state index in [2.05, 4.69) is 9.36 Å². The van der Waals surface area contributed by atoms with Crippen LogP contribution >= 0.6 is 23.3 Å². The largest absolute Gasteiger partial charge is 0.486 e. The molecule has 5 nitrogen and oxygen atoms in total. The molecule has 0 atom stereocenters. The van der Waals surface area contributed by atoms with Crippen LogP contribution in [0.3, 0.4) is 0 Å². The number of carboxylic acid groups (broad SMARTS) is 1. The highest BCUT2D eigenvalue weighted by Crippen LogP contribution is 2.30. The molecular weight excluding hydrogens is 382 g/mol. The van der Waals surface area contributed by atoms with Crippen LogP contribution in [-0.4, -0.2) is 26.7 Å². The summed E-state index contributed by atoms with van der Waals surface area (Å²) in [6.45, 7) is -0.000617. The van der Waals surface area contributed by atoms with E-state index < -0.39 is 17.6 Å². The summed E-state index contributed by atoms with van der Waals surface area (Å²) in [5.74, 6) is -2.01. The predicted molar refractivity (Wildman–Crippen MR) is 94.8 cm³/mol. The number of aromatic nitrogens is 2. The number of carbonyl (C=O) groups is 1. The van der Waals surface area contributed by atoms with Gasteiger partial charge >= 0.3 is 5.97 Å². The van der Waals surface area contributed by atoms with E-state index in [-0.39, 0.29) is 28.6 Å². The lowest BCUT2D eigenvalue weighted by atomic mass is 10.2. The van der Waals surface area contributed by atoms with Crippen molar-refractivity contribution in [3.8, 4) is 17.1 Å². The molecule has 26 heavy (non-hydrogen) atoms. The van der Waals surface area contributed by atoms with Crippen LogP contribution in [0.15, 0.2) is 41.4 Å². The summed E-state index contributed by atoms with van der Waals surface area (Å²) in [6, 6.07) is 6.99. The van der Waals surface area contributed by atoms with Crippen molar-refractivity contribution in [2.75, 3.05) is 6.26 Å². The van der Waals surface area contributed by atoms with E-state index >= 15 is 0 Å². The van der Waals surface area contributed by atoms with Gasteiger partial charge in [-0.15, -0.1) is 11.8 Å². The Morgan fingerprint density at radius 1 is 1.23 bits per heavy atom. The minimum atomic E-state index is -1.11. The maximum atomic E-state index is 13.6. The number of hydrogen-bond acceptors (Lipinski definition) is 6. The first-order valence-electron chi connectivity index (χ1n) is 7.28. The van der Waals surface area contributed by atoms with Gasteiger partial charge in [-0.1, -0.05) is 0 Å². The molecule has 0 aliphatic rings. The van der Waals surface area contributed by atoms with Gasteiger partial charge in [0.15, 0.2) is 5.75 Å². The first-order valence-corrected chi connectivity index (χ1v) is 9.28. The van der Waals surface area contributed by atoms with Crippen molar-refractivity contribution in [1.82, 2.24) is 9.36 Å². The monoisotopic (exact) mass is 394 g/mol. The number of pyridine rings is 1. The van der Waals surface area contributed by atoms with E-state index in [1.165, 1.54) is 30.0 Å². The van der Waals surface area contributed by atoms with Crippen LogP contribution in [0.5, 0.6) is 5.75 Å². The summed E-state index contributed by atoms with van der Waals surface area (Å²) in [4.78, 5) is 15.7. The third kappa shape index (κ3) is 4.17. The molecule has 0 spiro atoms. The van der Waals surface area contributed by atoms with Crippen molar-refractivity contribution >= 4 is 29.3 Å². The van der Waals surface area contributed by atoms with Crippen LogP contribution in [0.2, 0.25) is 0 Å². The standard InChI is InChI=1S/C17H12F2N2O3S2/c1-25-12-3-9(2-10(18)4-12)8-24-14-5-11(19)7-20-16(14)13-6-15(17(22)23)26-21-13/h2-7H,8H2,1H3,(H,22,23). The normalized spacial score (nSPS) is 10.7. The van der Waals surface area contributed by atoms with Crippen LogP contribution in [-0.2, 0) is 6.61 Å². The molecule has 1 N–H and O–H groups in total. The third-order valence-electron chi connectivity index (χ3n) is 3.34. The quantitative estimate of drug-likeness (QED) is 0.622. The summed E-state index contributed by atoms with van der Waals surface area (Å²) in [7, 11) is 0. The number of aromatic carboxylic acids is 1. The van der Waals surface area contributed by atoms with Crippen LogP contribution in [0.1, 0.15) is 15.2 Å². The summed E-state index contributed by atoms with van der Waals surface area (Å²) in [5, 5.41) is 9.01. The van der Waals surface area contributed by atoms with Gasteiger partial charge < -0.3 is 9.84 Å². The average Bonchev–Trinajstić information content (AvgIpc) is 3.09. The third-order valence-corrected chi connectivity index (χ3v) is 4.83. The Kier molecular flexibility index (Phi) is 5.48. The molecule has 0 saturated carbocycles. The topological polar surface area (TPSA) is 72.3 Å². The SMILES string of the molecule is CSc1cc(F)cc(COc2cc(F)cnc2-c2cc(C(=O)O)sn2)c1. The van der Waals surface area contributed by atoms with Gasteiger partial charge in [-0.25, -0.2) is 18.6 Å². The van der Waals surface area contributed by atoms with E-state index in [1.54, 1.807) is 6.07 Å². The van der Waals surface area contributed by atoms with E-state index in [0.717, 1.165) is 28.7 Å². The highest BCUT2D eigenvalue weighted by Gasteiger charge is 2.16. The average molecular weight is 394 g/mol. The minimum Gasteiger partial charge on any atom is -0.486 e. The van der Waals surface area contributed by atoms with Gasteiger partial charge in [0.05, 0.1) is 6.20 Å². The van der Waals surface area contributed by atoms with Gasteiger partial charge in [-0.3, -0.25) is 0 Å². The van der Waals surface area contributed by atoms with Gasteiger partial charge in [0, 0.05) is 11.0 Å². The fourth-order valence-electron chi connectivity index (χ4n) is 2.19. The minimum absolute atomic E-state index is 0.000617. The smallest absolute Gasteiger partial charge is 0.347 e. The molecule has 0 aliphatic heterocycles. The first kappa shape index (κ1) is 18.3. The predicted octanol–water partition coefficient (Wildman–Crippen LogP) is 4.48. The number of benzene rings is 1. The molecule has 1 aromatic carbocycles. The Morgan fingerprint density at radius 3 is 2.73 bits per heavy atom. The van der Waals surface area contributed by atoms with Crippen molar-refractivity contribution in [3.63, 3.8) is 0 Å². The van der Waals surface area contributed by atoms with Gasteiger partial charge in [0.25, 0.3) is 0 Å². The van der Waals surface area contributed by atoms with E-state index in [0.29, 0.717) is 5.56 Å². The molecule has 0 amide bonds. The number of halogens is 2. The summed E-state index contributed by atoms with van der Waals surface area (Å²) in [6.07, 6.45) is 2.83. The number of rotatable bonds is 6. The molecule has 2 heterocycles. The lowest BCUT2D eigenvalue weighted by Gasteiger charge is -2.10. The summed E-state index contributed by atoms with van der Waals surface area (Å²) >= 11 is 2.19. The molecule has 134 valence electrons. The zero-order chi connectivity index (χ0) is 18.7. The molecule has 0 bridgehead atoms. The van der Waals surface area contributed by atoms with Crippen molar-refractivity contribution in [2.24, 2.45) is 0 Å². The number of nitrogens with zero attached hydrogens (tertiary/aromatic N) is 2. The van der Waals surface area contributed by atoms with Gasteiger partial charge in [-0.2, -0.15) is 4.37 Å². The lowest BCUT2D eigenvalue weighted by Crippen LogP contribution is -2.00. The highest BCUT2D eigenvalue weighted by molar-refractivity contribution is 7.98. The molecule has 3 rings (SSSR count). The number of hydrogen-bond donors (Lipinski definition) is 1. The number of ether oxygens (including phenoxy) is 1. The van der Waals surface area contributed by atoms with Gasteiger partial charge in [0.2, 0.25) is 0 Å². The molecule has 0 fully saturated rings. The molecule has 0 saturated heterocycles. The molecule has 0 radical (unpaired) electrons. The van der Waals surface area contributed by atoms with Crippen LogP contribution in [0.4, 0.5) is 8.78 Å². The fraction of sp³-hybridized carbons (Fsp3) is 0.118. The Labute approximate surface area is 155 Å².